The van der Waals surface area contributed by atoms with Crippen LogP contribution < -0.4 is 11.3 Å². The summed E-state index contributed by atoms with van der Waals surface area (Å²) >= 11 is 0. The quantitative estimate of drug-likeness (QED) is 0.631. The summed E-state index contributed by atoms with van der Waals surface area (Å²) in [5.74, 6) is 5.35. The number of likely N-dealkylation sites (tertiary alicyclic amines) is 1. The molecule has 1 amide bonds. The number of anilines is 1. The minimum absolute atomic E-state index is 0.00366. The normalized spacial score (nSPS) is 23.2. The molecule has 5 heteroatoms. The average molecular weight is 248 g/mol. The Morgan fingerprint density at radius 1 is 1.61 bits per heavy atom. The zero-order valence-corrected chi connectivity index (χ0v) is 10.9. The average Bonchev–Trinajstić information content (AvgIpc) is 2.79. The van der Waals surface area contributed by atoms with Gasteiger partial charge in [0.1, 0.15) is 5.69 Å². The summed E-state index contributed by atoms with van der Waals surface area (Å²) in [5.41, 5.74) is 3.70. The minimum atomic E-state index is 0.00366. The van der Waals surface area contributed by atoms with E-state index in [1.54, 1.807) is 18.3 Å². The Hall–Kier alpha value is -1.62. The Morgan fingerprint density at radius 3 is 3.06 bits per heavy atom. The number of nitrogens with one attached hydrogen (secondary N) is 1. The Labute approximate surface area is 107 Å². The monoisotopic (exact) mass is 248 g/mol. The van der Waals surface area contributed by atoms with Gasteiger partial charge in [0.05, 0.1) is 5.69 Å². The largest absolute Gasteiger partial charge is 0.332 e. The van der Waals surface area contributed by atoms with Crippen LogP contribution in [-0.4, -0.2) is 27.9 Å². The molecule has 2 rings (SSSR count). The highest BCUT2D eigenvalue weighted by molar-refractivity contribution is 5.93. The molecular formula is C13H20N4O. The summed E-state index contributed by atoms with van der Waals surface area (Å²) < 4.78 is 0. The predicted molar refractivity (Wildman–Crippen MR) is 71.0 cm³/mol. The van der Waals surface area contributed by atoms with Crippen LogP contribution >= 0.6 is 0 Å². The second-order valence-corrected chi connectivity index (χ2v) is 4.77. The van der Waals surface area contributed by atoms with Crippen molar-refractivity contribution in [3.8, 4) is 0 Å². The van der Waals surface area contributed by atoms with Crippen molar-refractivity contribution in [3.05, 3.63) is 24.0 Å². The second-order valence-electron chi connectivity index (χ2n) is 4.77. The molecule has 0 spiro atoms. The van der Waals surface area contributed by atoms with Crippen molar-refractivity contribution in [2.75, 3.05) is 5.43 Å². The van der Waals surface area contributed by atoms with Crippen LogP contribution in [0, 0.1) is 0 Å². The molecule has 98 valence electrons. The lowest BCUT2D eigenvalue weighted by atomic mass is 10.1. The first-order valence-electron chi connectivity index (χ1n) is 6.42. The molecule has 1 saturated heterocycles. The molecule has 1 aliphatic heterocycles. The van der Waals surface area contributed by atoms with Gasteiger partial charge in [-0.15, -0.1) is 0 Å². The fourth-order valence-electron chi connectivity index (χ4n) is 2.61. The molecule has 0 radical (unpaired) electrons. The van der Waals surface area contributed by atoms with Crippen molar-refractivity contribution in [2.24, 2.45) is 5.84 Å². The molecule has 5 nitrogen and oxygen atoms in total. The molecule has 18 heavy (non-hydrogen) atoms. The lowest BCUT2D eigenvalue weighted by Crippen LogP contribution is -2.40. The summed E-state index contributed by atoms with van der Waals surface area (Å²) in [6.07, 6.45) is 4.74. The molecule has 2 heterocycles. The van der Waals surface area contributed by atoms with E-state index < -0.39 is 0 Å². The second kappa shape index (κ2) is 5.35. The number of pyridine rings is 1. The first-order chi connectivity index (χ1) is 8.67. The fourth-order valence-corrected chi connectivity index (χ4v) is 2.61. The molecule has 1 aliphatic rings. The van der Waals surface area contributed by atoms with Crippen LogP contribution in [0.3, 0.4) is 0 Å². The fraction of sp³-hybridized carbons (Fsp3) is 0.538. The number of aromatic nitrogens is 1. The number of carbonyl (C=O) groups is 1. The van der Waals surface area contributed by atoms with Gasteiger partial charge in [-0.05, 0) is 38.3 Å². The maximum atomic E-state index is 12.5. The standard InChI is InChI=1S/C13H20N4O/c1-3-11-5-4-9(2)17(11)13(18)12-8-10(16-14)6-7-15-12/h6-9,11H,3-5,14H2,1-2H3,(H,15,16). The van der Waals surface area contributed by atoms with Crippen LogP contribution in [0.1, 0.15) is 43.6 Å². The van der Waals surface area contributed by atoms with Crippen molar-refractivity contribution >= 4 is 11.6 Å². The lowest BCUT2D eigenvalue weighted by Gasteiger charge is -2.27. The predicted octanol–water partition coefficient (Wildman–Crippen LogP) is 1.77. The van der Waals surface area contributed by atoms with Crippen molar-refractivity contribution in [3.63, 3.8) is 0 Å². The smallest absolute Gasteiger partial charge is 0.273 e. The van der Waals surface area contributed by atoms with Crippen LogP contribution in [0.5, 0.6) is 0 Å². The highest BCUT2D eigenvalue weighted by Gasteiger charge is 2.34. The number of rotatable bonds is 3. The number of carbonyl (C=O) groups excluding carboxylic acids is 1. The molecular weight excluding hydrogens is 228 g/mol. The molecule has 1 fully saturated rings. The zero-order valence-electron chi connectivity index (χ0n) is 10.9. The van der Waals surface area contributed by atoms with Gasteiger partial charge < -0.3 is 10.3 Å². The maximum absolute atomic E-state index is 12.5. The Kier molecular flexibility index (Phi) is 3.81. The van der Waals surface area contributed by atoms with E-state index in [2.05, 4.69) is 24.3 Å². The number of hydrogen-bond donors (Lipinski definition) is 2. The number of nitrogens with zero attached hydrogens (tertiary/aromatic N) is 2. The molecule has 0 aliphatic carbocycles. The molecule has 0 aromatic carbocycles. The topological polar surface area (TPSA) is 71.2 Å². The van der Waals surface area contributed by atoms with Gasteiger partial charge in [-0.2, -0.15) is 0 Å². The van der Waals surface area contributed by atoms with Crippen LogP contribution in [-0.2, 0) is 0 Å². The highest BCUT2D eigenvalue weighted by Crippen LogP contribution is 2.27. The Morgan fingerprint density at radius 2 is 2.39 bits per heavy atom. The zero-order chi connectivity index (χ0) is 13.1. The van der Waals surface area contributed by atoms with Crippen LogP contribution in [0.2, 0.25) is 0 Å². The number of hydrogen-bond acceptors (Lipinski definition) is 4. The first kappa shape index (κ1) is 12.8. The van der Waals surface area contributed by atoms with Gasteiger partial charge in [0.2, 0.25) is 0 Å². The van der Waals surface area contributed by atoms with E-state index in [1.807, 2.05) is 4.90 Å². The van der Waals surface area contributed by atoms with Crippen LogP contribution in [0.4, 0.5) is 5.69 Å². The van der Waals surface area contributed by atoms with E-state index in [-0.39, 0.29) is 5.91 Å². The Bertz CT molecular complexity index is 435. The van der Waals surface area contributed by atoms with Gasteiger partial charge in [0.25, 0.3) is 5.91 Å². The van der Waals surface area contributed by atoms with Crippen LogP contribution in [0.25, 0.3) is 0 Å². The van der Waals surface area contributed by atoms with Crippen molar-refractivity contribution in [1.29, 1.82) is 0 Å². The van der Waals surface area contributed by atoms with Gasteiger partial charge in [0.15, 0.2) is 0 Å². The number of hydrazine groups is 1. The molecule has 2 unspecified atom stereocenters. The van der Waals surface area contributed by atoms with Crippen LogP contribution in [0.15, 0.2) is 18.3 Å². The first-order valence-corrected chi connectivity index (χ1v) is 6.42. The van der Waals surface area contributed by atoms with Crippen molar-refractivity contribution in [2.45, 2.75) is 45.2 Å². The number of nitrogen functional groups attached to an aromatic ring is 1. The molecule has 3 N–H and O–H groups in total. The van der Waals surface area contributed by atoms with E-state index in [1.165, 1.54) is 0 Å². The third-order valence-corrected chi connectivity index (χ3v) is 3.64. The molecule has 2 atom stereocenters. The van der Waals surface area contributed by atoms with Gasteiger partial charge in [-0.1, -0.05) is 6.92 Å². The lowest BCUT2D eigenvalue weighted by molar-refractivity contribution is 0.0670. The highest BCUT2D eigenvalue weighted by atomic mass is 16.2. The van der Waals surface area contributed by atoms with E-state index in [0.717, 1.165) is 19.3 Å². The number of amides is 1. The summed E-state index contributed by atoms with van der Waals surface area (Å²) in [5, 5.41) is 0. The summed E-state index contributed by atoms with van der Waals surface area (Å²) in [6.45, 7) is 4.22. The summed E-state index contributed by atoms with van der Waals surface area (Å²) in [7, 11) is 0. The third kappa shape index (κ3) is 2.31. The van der Waals surface area contributed by atoms with E-state index in [9.17, 15) is 4.79 Å². The van der Waals surface area contributed by atoms with Gasteiger partial charge >= 0.3 is 0 Å². The van der Waals surface area contributed by atoms with E-state index in [4.69, 9.17) is 5.84 Å². The number of nitrogens with two attached hydrogens (primary N) is 1. The van der Waals surface area contributed by atoms with Crippen molar-refractivity contribution < 1.29 is 4.79 Å². The van der Waals surface area contributed by atoms with Gasteiger partial charge in [-0.25, -0.2) is 0 Å². The van der Waals surface area contributed by atoms with E-state index in [0.29, 0.717) is 23.5 Å². The SMILES string of the molecule is CCC1CCC(C)N1C(=O)c1cc(NN)ccn1. The van der Waals surface area contributed by atoms with Gasteiger partial charge in [-0.3, -0.25) is 15.6 Å². The van der Waals surface area contributed by atoms with Crippen molar-refractivity contribution in [1.82, 2.24) is 9.88 Å². The minimum Gasteiger partial charge on any atom is -0.332 e. The molecule has 0 bridgehead atoms. The molecule has 1 aromatic rings. The summed E-state index contributed by atoms with van der Waals surface area (Å²) in [4.78, 5) is 18.6. The maximum Gasteiger partial charge on any atom is 0.273 e. The van der Waals surface area contributed by atoms with Gasteiger partial charge in [0, 0.05) is 18.3 Å². The molecule has 1 aromatic heterocycles. The summed E-state index contributed by atoms with van der Waals surface area (Å²) in [6, 6.07) is 4.06. The third-order valence-electron chi connectivity index (χ3n) is 3.64. The molecule has 0 saturated carbocycles. The Balaban J connectivity index is 2.24. The van der Waals surface area contributed by atoms with E-state index >= 15 is 0 Å².